The van der Waals surface area contributed by atoms with Crippen molar-refractivity contribution in [2.45, 2.75) is 51.1 Å². The molecule has 1 aromatic rings. The van der Waals surface area contributed by atoms with Crippen LogP contribution in [0, 0.1) is 13.8 Å². The van der Waals surface area contributed by atoms with Gasteiger partial charge in [0.25, 0.3) is 0 Å². The summed E-state index contributed by atoms with van der Waals surface area (Å²) in [5.74, 6) is -0.976. The number of carboxylic acid groups (broad SMARTS) is 1. The maximum Gasteiger partial charge on any atom is 0.305 e. The summed E-state index contributed by atoms with van der Waals surface area (Å²) in [4.78, 5) is 10.6. The Bertz CT molecular complexity index is 605. The van der Waals surface area contributed by atoms with E-state index in [9.17, 15) is 13.2 Å². The molecule has 9 heteroatoms. The number of aliphatic hydroxyl groups excluding tert-OH is 1. The zero-order valence-electron chi connectivity index (χ0n) is 12.3. The van der Waals surface area contributed by atoms with E-state index in [0.717, 1.165) is 0 Å². The maximum atomic E-state index is 12.4. The van der Waals surface area contributed by atoms with Gasteiger partial charge in [0, 0.05) is 6.04 Å². The van der Waals surface area contributed by atoms with Gasteiger partial charge in [0.2, 0.25) is 10.0 Å². The lowest BCUT2D eigenvalue weighted by atomic mass is 10.3. The molecule has 0 fully saturated rings. The van der Waals surface area contributed by atoms with Crippen LogP contribution in [0.3, 0.4) is 0 Å². The van der Waals surface area contributed by atoms with Gasteiger partial charge >= 0.3 is 5.97 Å². The Morgan fingerprint density at radius 3 is 2.52 bits per heavy atom. The molecule has 1 aromatic heterocycles. The smallest absolute Gasteiger partial charge is 0.305 e. The van der Waals surface area contributed by atoms with Crippen molar-refractivity contribution in [3.63, 3.8) is 0 Å². The lowest BCUT2D eigenvalue weighted by Crippen LogP contribution is -2.37. The molecule has 3 N–H and O–H groups in total. The van der Waals surface area contributed by atoms with Crippen LogP contribution in [0.4, 0.5) is 0 Å². The van der Waals surface area contributed by atoms with Gasteiger partial charge in [-0.2, -0.15) is 5.10 Å². The van der Waals surface area contributed by atoms with Crippen LogP contribution >= 0.6 is 0 Å². The first kappa shape index (κ1) is 17.6. The van der Waals surface area contributed by atoms with Crippen LogP contribution in [0.25, 0.3) is 0 Å². The Balaban J connectivity index is 3.09. The Morgan fingerprint density at radius 1 is 1.43 bits per heavy atom. The summed E-state index contributed by atoms with van der Waals surface area (Å²) in [6.45, 7) is 4.71. The fourth-order valence-corrected chi connectivity index (χ4v) is 3.74. The molecular formula is C12H21N3O5S. The lowest BCUT2D eigenvalue weighted by molar-refractivity contribution is -0.137. The number of sulfonamides is 1. The fourth-order valence-electron chi connectivity index (χ4n) is 2.02. The monoisotopic (exact) mass is 319 g/mol. The van der Waals surface area contributed by atoms with Crippen molar-refractivity contribution in [1.82, 2.24) is 14.5 Å². The molecule has 0 bridgehead atoms. The molecule has 0 aromatic carbocycles. The van der Waals surface area contributed by atoms with Gasteiger partial charge in [-0.1, -0.05) is 6.92 Å². The van der Waals surface area contributed by atoms with E-state index >= 15 is 0 Å². The number of aromatic nitrogens is 2. The van der Waals surface area contributed by atoms with Crippen molar-refractivity contribution in [2.75, 3.05) is 6.61 Å². The van der Waals surface area contributed by atoms with Crippen molar-refractivity contribution in [2.24, 2.45) is 0 Å². The maximum absolute atomic E-state index is 12.4. The van der Waals surface area contributed by atoms with Gasteiger partial charge in [0.05, 0.1) is 31.0 Å². The number of aryl methyl sites for hydroxylation is 2. The van der Waals surface area contributed by atoms with Crippen LogP contribution in [-0.4, -0.2) is 47.0 Å². The van der Waals surface area contributed by atoms with Crippen molar-refractivity contribution in [3.05, 3.63) is 11.4 Å². The largest absolute Gasteiger partial charge is 0.481 e. The molecule has 0 amide bonds. The number of aliphatic carboxylic acids is 1. The second-order valence-corrected chi connectivity index (χ2v) is 6.43. The van der Waals surface area contributed by atoms with E-state index in [4.69, 9.17) is 10.2 Å². The second kappa shape index (κ2) is 7.01. The van der Waals surface area contributed by atoms with Crippen LogP contribution < -0.4 is 4.72 Å². The van der Waals surface area contributed by atoms with E-state index in [1.165, 1.54) is 4.68 Å². The van der Waals surface area contributed by atoms with Gasteiger partial charge in [-0.05, 0) is 20.3 Å². The van der Waals surface area contributed by atoms with Gasteiger partial charge in [-0.3, -0.25) is 9.48 Å². The molecular weight excluding hydrogens is 298 g/mol. The molecule has 0 spiro atoms. The first-order valence-electron chi connectivity index (χ1n) is 6.61. The van der Waals surface area contributed by atoms with Gasteiger partial charge in [0.1, 0.15) is 4.90 Å². The highest BCUT2D eigenvalue weighted by atomic mass is 32.2. The molecule has 0 aliphatic rings. The van der Waals surface area contributed by atoms with Crippen molar-refractivity contribution in [1.29, 1.82) is 0 Å². The molecule has 0 aliphatic heterocycles. The fraction of sp³-hybridized carbons (Fsp3) is 0.667. The summed E-state index contributed by atoms with van der Waals surface area (Å²) in [7, 11) is -3.80. The molecule has 1 atom stereocenters. The molecule has 1 rings (SSSR count). The molecule has 0 saturated carbocycles. The molecule has 1 heterocycles. The molecule has 0 saturated heterocycles. The summed E-state index contributed by atoms with van der Waals surface area (Å²) in [5, 5.41) is 21.9. The average molecular weight is 319 g/mol. The summed E-state index contributed by atoms with van der Waals surface area (Å²) in [6.07, 6.45) is 0.323. The second-order valence-electron chi connectivity index (χ2n) is 4.78. The number of rotatable bonds is 8. The number of aliphatic hydroxyl groups is 1. The molecule has 1 unspecified atom stereocenters. The number of nitrogens with one attached hydrogen (secondary N) is 1. The third kappa shape index (κ3) is 4.26. The summed E-state index contributed by atoms with van der Waals surface area (Å²) in [5.41, 5.74) is 0.687. The van der Waals surface area contributed by atoms with Gasteiger partial charge in [-0.15, -0.1) is 0 Å². The number of carboxylic acids is 1. The van der Waals surface area contributed by atoms with Crippen LogP contribution in [0.2, 0.25) is 0 Å². The molecule has 0 aliphatic carbocycles. The zero-order valence-corrected chi connectivity index (χ0v) is 13.1. The third-order valence-electron chi connectivity index (χ3n) is 3.16. The Kier molecular flexibility index (Phi) is 5.87. The lowest BCUT2D eigenvalue weighted by Gasteiger charge is -2.14. The van der Waals surface area contributed by atoms with Crippen LogP contribution in [0.5, 0.6) is 0 Å². The highest BCUT2D eigenvalue weighted by Crippen LogP contribution is 2.20. The topological polar surface area (TPSA) is 122 Å². The predicted octanol–water partition coefficient (Wildman–Crippen LogP) is 0.0238. The minimum Gasteiger partial charge on any atom is -0.481 e. The van der Waals surface area contributed by atoms with Crippen LogP contribution in [-0.2, 0) is 21.4 Å². The van der Waals surface area contributed by atoms with E-state index in [0.29, 0.717) is 17.8 Å². The zero-order chi connectivity index (χ0) is 16.2. The Labute approximate surface area is 123 Å². The highest BCUT2D eigenvalue weighted by Gasteiger charge is 2.26. The van der Waals surface area contributed by atoms with Crippen LogP contribution in [0.15, 0.2) is 4.90 Å². The van der Waals surface area contributed by atoms with Gasteiger partial charge in [0.15, 0.2) is 0 Å². The summed E-state index contributed by atoms with van der Waals surface area (Å²) >= 11 is 0. The van der Waals surface area contributed by atoms with Gasteiger partial charge < -0.3 is 10.2 Å². The first-order chi connectivity index (χ1) is 9.72. The minimum atomic E-state index is -3.80. The molecule has 120 valence electrons. The quantitative estimate of drug-likeness (QED) is 0.621. The van der Waals surface area contributed by atoms with Crippen molar-refractivity contribution < 1.29 is 23.4 Å². The van der Waals surface area contributed by atoms with Gasteiger partial charge in [-0.25, -0.2) is 13.1 Å². The average Bonchev–Trinajstić information content (AvgIpc) is 2.68. The first-order valence-corrected chi connectivity index (χ1v) is 8.10. The normalized spacial score (nSPS) is 13.3. The number of carbonyl (C=O) groups is 1. The number of hydrogen-bond donors (Lipinski definition) is 3. The third-order valence-corrected chi connectivity index (χ3v) is 4.93. The minimum absolute atomic E-state index is 0.0415. The SMILES string of the molecule is CCC(CO)NS(=O)(=O)c1c(C)nn(CCC(=O)O)c1C. The molecule has 21 heavy (non-hydrogen) atoms. The van der Waals surface area contributed by atoms with Crippen molar-refractivity contribution >= 4 is 16.0 Å². The van der Waals surface area contributed by atoms with E-state index in [2.05, 4.69) is 9.82 Å². The Morgan fingerprint density at radius 2 is 2.05 bits per heavy atom. The number of hydrogen-bond acceptors (Lipinski definition) is 5. The molecule has 0 radical (unpaired) electrons. The van der Waals surface area contributed by atoms with E-state index in [1.54, 1.807) is 20.8 Å². The van der Waals surface area contributed by atoms with E-state index in [1.807, 2.05) is 0 Å². The summed E-state index contributed by atoms with van der Waals surface area (Å²) < 4.78 is 28.5. The highest BCUT2D eigenvalue weighted by molar-refractivity contribution is 7.89. The van der Waals surface area contributed by atoms with Crippen LogP contribution in [0.1, 0.15) is 31.2 Å². The van der Waals surface area contributed by atoms with Crippen molar-refractivity contribution in [3.8, 4) is 0 Å². The predicted molar refractivity (Wildman–Crippen MR) is 75.4 cm³/mol. The number of nitrogens with zero attached hydrogens (tertiary/aromatic N) is 2. The Hall–Kier alpha value is -1.45. The standard InChI is InChI=1S/C12H21N3O5S/c1-4-10(7-16)14-21(19,20)12-8(2)13-15(9(12)3)6-5-11(17)18/h10,14,16H,4-7H2,1-3H3,(H,17,18). The summed E-state index contributed by atoms with van der Waals surface area (Å²) in [6, 6.07) is -0.559. The van der Waals surface area contributed by atoms with E-state index < -0.39 is 22.0 Å². The molecule has 8 nitrogen and oxygen atoms in total. The van der Waals surface area contributed by atoms with E-state index in [-0.39, 0.29) is 24.5 Å².